The van der Waals surface area contributed by atoms with Crippen LogP contribution in [0.5, 0.6) is 5.75 Å². The minimum atomic E-state index is -2.46. The number of hydrogen-bond acceptors (Lipinski definition) is 4. The molecular weight excluding hydrogens is 360 g/mol. The third kappa shape index (κ3) is 5.44. The summed E-state index contributed by atoms with van der Waals surface area (Å²) >= 11 is 0.467. The molecule has 1 amide bonds. The molecule has 1 fully saturated rings. The highest BCUT2D eigenvalue weighted by atomic mass is 32.2. The van der Waals surface area contributed by atoms with Crippen molar-refractivity contribution >= 4 is 23.4 Å². The van der Waals surface area contributed by atoms with Gasteiger partial charge in [0.05, 0.1) is 6.10 Å². The molecule has 0 bridgehead atoms. The first-order valence-corrected chi connectivity index (χ1v) is 9.19. The number of halogens is 2. The average molecular weight is 379 g/mol. The first kappa shape index (κ1) is 18.7. The average Bonchev–Trinajstić information content (AvgIpc) is 3.15. The Morgan fingerprint density at radius 2 is 2.08 bits per heavy atom. The zero-order valence-corrected chi connectivity index (χ0v) is 14.8. The molecule has 1 saturated heterocycles. The Labute approximate surface area is 154 Å². The van der Waals surface area contributed by atoms with Crippen molar-refractivity contribution < 1.29 is 23.0 Å². The predicted molar refractivity (Wildman–Crippen MR) is 97.2 cm³/mol. The Morgan fingerprint density at radius 3 is 2.77 bits per heavy atom. The summed E-state index contributed by atoms with van der Waals surface area (Å²) in [7, 11) is 0. The van der Waals surface area contributed by atoms with E-state index < -0.39 is 5.76 Å². The number of thioether (sulfide) groups is 1. The van der Waals surface area contributed by atoms with Gasteiger partial charge in [-0.3, -0.25) is 4.79 Å². The summed E-state index contributed by atoms with van der Waals surface area (Å²) in [4.78, 5) is 12.8. The highest BCUT2D eigenvalue weighted by molar-refractivity contribution is 7.99. The molecule has 1 aliphatic rings. The Bertz CT molecular complexity index is 734. The molecular formula is C19H19F2NO3S. The van der Waals surface area contributed by atoms with Crippen molar-refractivity contribution in [3.05, 3.63) is 54.1 Å². The molecule has 0 aliphatic carbocycles. The van der Waals surface area contributed by atoms with Crippen molar-refractivity contribution in [2.45, 2.75) is 29.6 Å². The van der Waals surface area contributed by atoms with Crippen LogP contribution in [-0.2, 0) is 4.74 Å². The van der Waals surface area contributed by atoms with Gasteiger partial charge in [-0.05, 0) is 55.3 Å². The van der Waals surface area contributed by atoms with Gasteiger partial charge in [0.25, 0.3) is 11.7 Å². The molecule has 2 aromatic rings. The Balaban J connectivity index is 1.57. The van der Waals surface area contributed by atoms with E-state index in [1.54, 1.807) is 48.5 Å². The molecule has 0 radical (unpaired) electrons. The topological polar surface area (TPSA) is 47.6 Å². The predicted octanol–water partition coefficient (Wildman–Crippen LogP) is 4.81. The van der Waals surface area contributed by atoms with Gasteiger partial charge in [0.1, 0.15) is 12.4 Å². The molecule has 1 unspecified atom stereocenters. The van der Waals surface area contributed by atoms with E-state index in [4.69, 9.17) is 9.47 Å². The summed E-state index contributed by atoms with van der Waals surface area (Å²) in [5.74, 6) is -2.15. The maximum Gasteiger partial charge on any atom is 0.288 e. The maximum atomic E-state index is 12.4. The van der Waals surface area contributed by atoms with Gasteiger partial charge < -0.3 is 14.8 Å². The van der Waals surface area contributed by atoms with E-state index in [-0.39, 0.29) is 12.0 Å². The van der Waals surface area contributed by atoms with E-state index in [1.807, 2.05) is 0 Å². The monoisotopic (exact) mass is 379 g/mol. The normalized spacial score (nSPS) is 16.7. The first-order chi connectivity index (χ1) is 12.6. The third-order valence-corrected chi connectivity index (χ3v) is 4.62. The van der Waals surface area contributed by atoms with Crippen LogP contribution in [0.1, 0.15) is 23.2 Å². The van der Waals surface area contributed by atoms with Crippen LogP contribution in [-0.4, -0.2) is 31.0 Å². The number of rotatable bonds is 7. The SMILES string of the molecule is O=C(Nc1ccc(SC(F)F)cc1)c1cccc(OCC2CCCO2)c1. The van der Waals surface area contributed by atoms with Gasteiger partial charge in [-0.2, -0.15) is 8.78 Å². The van der Waals surface area contributed by atoms with Crippen LogP contribution in [0.25, 0.3) is 0 Å². The minimum absolute atomic E-state index is 0.108. The minimum Gasteiger partial charge on any atom is -0.491 e. The van der Waals surface area contributed by atoms with Gasteiger partial charge in [0, 0.05) is 22.8 Å². The van der Waals surface area contributed by atoms with Gasteiger partial charge in [-0.25, -0.2) is 0 Å². The highest BCUT2D eigenvalue weighted by Gasteiger charge is 2.16. The molecule has 2 aromatic carbocycles. The molecule has 1 heterocycles. The smallest absolute Gasteiger partial charge is 0.288 e. The molecule has 1 N–H and O–H groups in total. The van der Waals surface area contributed by atoms with Gasteiger partial charge >= 0.3 is 0 Å². The van der Waals surface area contributed by atoms with Gasteiger partial charge in [-0.15, -0.1) is 0 Å². The fourth-order valence-corrected chi connectivity index (χ4v) is 3.11. The Kier molecular flexibility index (Phi) is 6.46. The van der Waals surface area contributed by atoms with Crippen LogP contribution in [0.15, 0.2) is 53.4 Å². The number of anilines is 1. The Hall–Kier alpha value is -2.12. The van der Waals surface area contributed by atoms with E-state index in [0.717, 1.165) is 19.4 Å². The molecule has 26 heavy (non-hydrogen) atoms. The number of hydrogen-bond donors (Lipinski definition) is 1. The summed E-state index contributed by atoms with van der Waals surface area (Å²) in [5.41, 5.74) is 1.00. The van der Waals surface area contributed by atoms with Crippen LogP contribution in [0.3, 0.4) is 0 Å². The molecule has 1 aliphatic heterocycles. The summed E-state index contributed by atoms with van der Waals surface area (Å²) < 4.78 is 35.9. The molecule has 3 rings (SSSR count). The lowest BCUT2D eigenvalue weighted by atomic mass is 10.2. The van der Waals surface area contributed by atoms with E-state index in [9.17, 15) is 13.6 Å². The molecule has 0 aromatic heterocycles. The van der Waals surface area contributed by atoms with Crippen molar-refractivity contribution in [2.24, 2.45) is 0 Å². The van der Waals surface area contributed by atoms with Crippen molar-refractivity contribution in [1.29, 1.82) is 0 Å². The molecule has 0 spiro atoms. The standard InChI is InChI=1S/C19H19F2NO3S/c20-19(21)26-17-8-6-14(7-9-17)22-18(23)13-3-1-4-15(11-13)25-12-16-5-2-10-24-16/h1,3-4,6-9,11,16,19H,2,5,10,12H2,(H,22,23). The fourth-order valence-electron chi connectivity index (χ4n) is 2.62. The lowest BCUT2D eigenvalue weighted by Crippen LogP contribution is -2.17. The highest BCUT2D eigenvalue weighted by Crippen LogP contribution is 2.26. The second-order valence-electron chi connectivity index (χ2n) is 5.83. The second kappa shape index (κ2) is 9.00. The Morgan fingerprint density at radius 1 is 1.27 bits per heavy atom. The molecule has 138 valence electrons. The largest absolute Gasteiger partial charge is 0.491 e. The van der Waals surface area contributed by atoms with Crippen LogP contribution < -0.4 is 10.1 Å². The van der Waals surface area contributed by atoms with Crippen LogP contribution in [0.2, 0.25) is 0 Å². The van der Waals surface area contributed by atoms with E-state index in [0.29, 0.717) is 40.3 Å². The number of amides is 1. The third-order valence-electron chi connectivity index (χ3n) is 3.89. The summed E-state index contributed by atoms with van der Waals surface area (Å²) in [5, 5.41) is 2.75. The second-order valence-corrected chi connectivity index (χ2v) is 6.89. The van der Waals surface area contributed by atoms with E-state index in [1.165, 1.54) is 0 Å². The van der Waals surface area contributed by atoms with Crippen molar-refractivity contribution in [1.82, 2.24) is 0 Å². The lowest BCUT2D eigenvalue weighted by molar-refractivity contribution is 0.0679. The van der Waals surface area contributed by atoms with Gasteiger partial charge in [0.15, 0.2) is 0 Å². The molecule has 4 nitrogen and oxygen atoms in total. The zero-order valence-electron chi connectivity index (χ0n) is 14.0. The number of nitrogens with one attached hydrogen (secondary N) is 1. The van der Waals surface area contributed by atoms with Gasteiger partial charge in [-0.1, -0.05) is 17.8 Å². The zero-order chi connectivity index (χ0) is 18.4. The molecule has 7 heteroatoms. The van der Waals surface area contributed by atoms with Crippen molar-refractivity contribution in [3.63, 3.8) is 0 Å². The molecule has 1 atom stereocenters. The summed E-state index contributed by atoms with van der Waals surface area (Å²) in [6.07, 6.45) is 2.14. The first-order valence-electron chi connectivity index (χ1n) is 8.31. The van der Waals surface area contributed by atoms with Crippen molar-refractivity contribution in [2.75, 3.05) is 18.5 Å². The number of benzene rings is 2. The quantitative estimate of drug-likeness (QED) is 0.701. The van der Waals surface area contributed by atoms with Crippen molar-refractivity contribution in [3.8, 4) is 5.75 Å². The fraction of sp³-hybridized carbons (Fsp3) is 0.316. The van der Waals surface area contributed by atoms with Crippen LogP contribution >= 0.6 is 11.8 Å². The number of carbonyl (C=O) groups excluding carboxylic acids is 1. The number of carbonyl (C=O) groups is 1. The van der Waals surface area contributed by atoms with Crippen LogP contribution in [0.4, 0.5) is 14.5 Å². The number of ether oxygens (including phenoxy) is 2. The van der Waals surface area contributed by atoms with Crippen LogP contribution in [0, 0.1) is 0 Å². The number of alkyl halides is 2. The molecule has 0 saturated carbocycles. The van der Waals surface area contributed by atoms with Gasteiger partial charge in [0.2, 0.25) is 0 Å². The lowest BCUT2D eigenvalue weighted by Gasteiger charge is -2.12. The maximum absolute atomic E-state index is 12.4. The summed E-state index contributed by atoms with van der Waals surface area (Å²) in [6, 6.07) is 13.2. The van der Waals surface area contributed by atoms with E-state index in [2.05, 4.69) is 5.32 Å². The van der Waals surface area contributed by atoms with E-state index >= 15 is 0 Å². The summed E-state index contributed by atoms with van der Waals surface area (Å²) in [6.45, 7) is 1.24.